The summed E-state index contributed by atoms with van der Waals surface area (Å²) in [4.78, 5) is 4.93. The molecular weight excluding hydrogens is 1050 g/mol. The van der Waals surface area contributed by atoms with Crippen LogP contribution in [0, 0.1) is 27.7 Å². The summed E-state index contributed by atoms with van der Waals surface area (Å²) < 4.78 is 12.5. The Morgan fingerprint density at radius 3 is 1.41 bits per heavy atom. The SMILES string of the molecule is Cc1cc(C)cc(N(c2ccc3c(c2)C(C)(C)c2c-3ccc3ccccc23)c2ccc3c(c2)oc2c4cc(C(C)(C)C)cc5c6sc7cc(N(c8cc(C)cc(C)c8)c8ccc9c(c8)C(C)(C)c8c-9ccc9ccccc89)ccc7c6n(c45)c32)c1. The van der Waals surface area contributed by atoms with Gasteiger partial charge in [0.2, 0.25) is 0 Å². The molecule has 17 rings (SSSR count). The van der Waals surface area contributed by atoms with E-state index in [1.807, 2.05) is 11.3 Å². The maximum atomic E-state index is 7.35. The van der Waals surface area contributed by atoms with E-state index in [4.69, 9.17) is 4.42 Å². The van der Waals surface area contributed by atoms with E-state index in [2.05, 4.69) is 284 Å². The number of thiophene rings is 1. The summed E-state index contributed by atoms with van der Waals surface area (Å²) in [6.45, 7) is 25.4. The van der Waals surface area contributed by atoms with Gasteiger partial charge in [-0.15, -0.1) is 11.3 Å². The zero-order valence-electron chi connectivity index (χ0n) is 50.1. The molecule has 0 saturated carbocycles. The minimum Gasteiger partial charge on any atom is -0.454 e. The Labute approximate surface area is 500 Å². The van der Waals surface area contributed by atoms with Crippen LogP contribution < -0.4 is 9.80 Å². The fourth-order valence-corrected chi connectivity index (χ4v) is 17.0. The maximum Gasteiger partial charge on any atom is 0.161 e. The molecule has 0 atom stereocenters. The predicted molar refractivity (Wildman–Crippen MR) is 363 cm³/mol. The van der Waals surface area contributed by atoms with E-state index >= 15 is 0 Å². The number of fused-ring (bicyclic) bond motifs is 20. The van der Waals surface area contributed by atoms with Crippen LogP contribution in [0.5, 0.6) is 0 Å². The van der Waals surface area contributed by atoms with Crippen molar-refractivity contribution in [1.29, 1.82) is 0 Å². The van der Waals surface area contributed by atoms with Gasteiger partial charge in [0.1, 0.15) is 11.1 Å². The van der Waals surface area contributed by atoms with Crippen molar-refractivity contribution in [3.8, 4) is 22.3 Å². The van der Waals surface area contributed by atoms with Crippen molar-refractivity contribution in [1.82, 2.24) is 4.40 Å². The minimum absolute atomic E-state index is 0.0957. The normalized spacial score (nSPS) is 14.2. The summed E-state index contributed by atoms with van der Waals surface area (Å²) in [6.07, 6.45) is 0. The molecular formula is C80H65N3OS. The summed E-state index contributed by atoms with van der Waals surface area (Å²) >= 11 is 1.92. The first-order valence-corrected chi connectivity index (χ1v) is 30.9. The molecule has 0 unspecified atom stereocenters. The van der Waals surface area contributed by atoms with Crippen LogP contribution in [0.25, 0.3) is 102 Å². The van der Waals surface area contributed by atoms with Crippen molar-refractivity contribution < 1.29 is 4.42 Å². The van der Waals surface area contributed by atoms with Gasteiger partial charge in [0.15, 0.2) is 5.58 Å². The van der Waals surface area contributed by atoms with Crippen molar-refractivity contribution >= 4 is 126 Å². The van der Waals surface area contributed by atoms with E-state index in [0.29, 0.717) is 0 Å². The van der Waals surface area contributed by atoms with Gasteiger partial charge in [-0.25, -0.2) is 0 Å². The molecule has 0 spiro atoms. The number of hydrogen-bond donors (Lipinski definition) is 0. The smallest absolute Gasteiger partial charge is 0.161 e. The van der Waals surface area contributed by atoms with Crippen LogP contribution in [-0.4, -0.2) is 4.40 Å². The Morgan fingerprint density at radius 2 is 0.871 bits per heavy atom. The first kappa shape index (κ1) is 50.4. The van der Waals surface area contributed by atoms with E-state index in [1.165, 1.54) is 125 Å². The highest BCUT2D eigenvalue weighted by molar-refractivity contribution is 7.26. The number of aromatic nitrogens is 1. The Balaban J connectivity index is 0.844. The van der Waals surface area contributed by atoms with Gasteiger partial charge in [-0.3, -0.25) is 0 Å². The second-order valence-electron chi connectivity index (χ2n) is 26.9. The third kappa shape index (κ3) is 7.08. The molecule has 5 heteroatoms. The fourth-order valence-electron chi connectivity index (χ4n) is 15.7. The molecule has 4 nitrogen and oxygen atoms in total. The van der Waals surface area contributed by atoms with Crippen LogP contribution in [-0.2, 0) is 16.2 Å². The van der Waals surface area contributed by atoms with Crippen molar-refractivity contribution in [3.63, 3.8) is 0 Å². The summed E-state index contributed by atoms with van der Waals surface area (Å²) in [5, 5.41) is 10.0. The quantitative estimate of drug-likeness (QED) is 0.166. The van der Waals surface area contributed by atoms with Gasteiger partial charge in [0, 0.05) is 77.3 Å². The third-order valence-electron chi connectivity index (χ3n) is 19.4. The van der Waals surface area contributed by atoms with Crippen LogP contribution in [0.2, 0.25) is 0 Å². The highest BCUT2D eigenvalue weighted by Crippen LogP contribution is 2.57. The Morgan fingerprint density at radius 1 is 0.400 bits per heavy atom. The molecule has 2 aliphatic carbocycles. The van der Waals surface area contributed by atoms with Crippen LogP contribution in [0.3, 0.4) is 0 Å². The van der Waals surface area contributed by atoms with E-state index in [-0.39, 0.29) is 16.2 Å². The first-order valence-electron chi connectivity index (χ1n) is 30.1. The van der Waals surface area contributed by atoms with Gasteiger partial charge in [-0.2, -0.15) is 0 Å². The average molecular weight is 1120 g/mol. The average Bonchev–Trinajstić information content (AvgIpc) is 1.53. The van der Waals surface area contributed by atoms with Crippen molar-refractivity contribution in [2.75, 3.05) is 9.80 Å². The maximum absolute atomic E-state index is 7.35. The molecule has 0 saturated heterocycles. The molecule has 0 fully saturated rings. The van der Waals surface area contributed by atoms with Crippen LogP contribution in [0.15, 0.2) is 199 Å². The molecule has 4 heterocycles. The lowest BCUT2D eigenvalue weighted by molar-refractivity contribution is 0.591. The molecule has 0 amide bonds. The standard InChI is InChI=1S/C80H65N3OS/c1-44-32-45(2)35-55(34-44)81(51-22-28-59-61-26-20-48-16-12-14-18-57(48)71(61)79(8,9)67(59)40-51)53-24-30-63-69(42-53)84-76-65-38-50(78(5,6)7)39-66-73(65)83(74(63)76)75-64-31-25-54(43-70(64)85-77(66)75)82(56-36-46(3)33-47(4)37-56)52-23-29-60-62-27-21-49-17-13-15-19-58(49)72(62)80(10,11)68(60)41-52/h12-43H,1-11H3. The Bertz CT molecular complexity index is 5060. The fraction of sp³-hybridized carbons (Fsp3) is 0.175. The minimum atomic E-state index is -0.204. The molecule has 412 valence electrons. The number of anilines is 6. The van der Waals surface area contributed by atoms with Crippen molar-refractivity contribution in [3.05, 3.63) is 244 Å². The second kappa shape index (κ2) is 17.2. The number of benzene rings is 11. The Kier molecular flexibility index (Phi) is 10.2. The van der Waals surface area contributed by atoms with Gasteiger partial charge in [0.05, 0.1) is 15.7 Å². The van der Waals surface area contributed by atoms with Gasteiger partial charge in [-0.1, -0.05) is 146 Å². The lowest BCUT2D eigenvalue weighted by Gasteiger charge is -2.29. The molecule has 15 aromatic rings. The lowest BCUT2D eigenvalue weighted by Crippen LogP contribution is -2.17. The summed E-state index contributed by atoms with van der Waals surface area (Å²) in [6, 6.07) is 74.2. The van der Waals surface area contributed by atoms with Gasteiger partial charge >= 0.3 is 0 Å². The molecule has 0 N–H and O–H groups in total. The van der Waals surface area contributed by atoms with E-state index < -0.39 is 0 Å². The monoisotopic (exact) mass is 1120 g/mol. The summed E-state index contributed by atoms with van der Waals surface area (Å²) in [5.74, 6) is 0. The van der Waals surface area contributed by atoms with Gasteiger partial charge < -0.3 is 18.6 Å². The number of aryl methyl sites for hydroxylation is 4. The first-order chi connectivity index (χ1) is 40.9. The zero-order valence-corrected chi connectivity index (χ0v) is 50.9. The number of furan rings is 1. The molecule has 0 radical (unpaired) electrons. The predicted octanol–water partition coefficient (Wildman–Crippen LogP) is 23.2. The summed E-state index contributed by atoms with van der Waals surface area (Å²) in [7, 11) is 0. The molecule has 85 heavy (non-hydrogen) atoms. The van der Waals surface area contributed by atoms with E-state index in [0.717, 1.165) is 61.6 Å². The largest absolute Gasteiger partial charge is 0.454 e. The highest BCUT2D eigenvalue weighted by Gasteiger charge is 2.40. The number of rotatable bonds is 6. The molecule has 0 aliphatic heterocycles. The molecule has 2 aliphatic rings. The van der Waals surface area contributed by atoms with Crippen molar-refractivity contribution in [2.45, 2.75) is 92.4 Å². The van der Waals surface area contributed by atoms with Gasteiger partial charge in [0.25, 0.3) is 0 Å². The number of nitrogens with zero attached hydrogens (tertiary/aromatic N) is 3. The van der Waals surface area contributed by atoms with Gasteiger partial charge in [-0.05, 0) is 218 Å². The second-order valence-corrected chi connectivity index (χ2v) is 28.0. The molecule has 11 aromatic carbocycles. The number of hydrogen-bond acceptors (Lipinski definition) is 4. The lowest BCUT2D eigenvalue weighted by atomic mass is 9.80. The van der Waals surface area contributed by atoms with Crippen LogP contribution in [0.4, 0.5) is 34.1 Å². The van der Waals surface area contributed by atoms with E-state index in [1.54, 1.807) is 0 Å². The van der Waals surface area contributed by atoms with Crippen LogP contribution in [0.1, 0.15) is 98.5 Å². The zero-order chi connectivity index (χ0) is 57.9. The van der Waals surface area contributed by atoms with E-state index in [9.17, 15) is 0 Å². The molecule has 0 bridgehead atoms. The highest BCUT2D eigenvalue weighted by atomic mass is 32.1. The third-order valence-corrected chi connectivity index (χ3v) is 20.6. The van der Waals surface area contributed by atoms with Crippen molar-refractivity contribution in [2.24, 2.45) is 0 Å². The summed E-state index contributed by atoms with van der Waals surface area (Å²) in [5.41, 5.74) is 28.8. The van der Waals surface area contributed by atoms with Crippen LogP contribution >= 0.6 is 11.3 Å². The topological polar surface area (TPSA) is 24.0 Å². The molecule has 4 aromatic heterocycles. The Hall–Kier alpha value is -9.16.